The Morgan fingerprint density at radius 1 is 1.33 bits per heavy atom. The van der Waals surface area contributed by atoms with Crippen LogP contribution in [0.5, 0.6) is 0 Å². The van der Waals surface area contributed by atoms with Gasteiger partial charge in [0.25, 0.3) is 0 Å². The highest BCUT2D eigenvalue weighted by molar-refractivity contribution is 4.85. The SMILES string of the molecule is CNC(C)(CO)CCN1CC(C)C(C)C1. The quantitative estimate of drug-likeness (QED) is 0.715. The lowest BCUT2D eigenvalue weighted by Gasteiger charge is -2.29. The summed E-state index contributed by atoms with van der Waals surface area (Å²) in [7, 11) is 1.92. The van der Waals surface area contributed by atoms with Crippen molar-refractivity contribution in [3.63, 3.8) is 0 Å². The van der Waals surface area contributed by atoms with Crippen LogP contribution in [0.3, 0.4) is 0 Å². The third-order valence-electron chi connectivity index (χ3n) is 4.00. The number of likely N-dealkylation sites (tertiary alicyclic amines) is 1. The molecule has 1 rings (SSSR count). The van der Waals surface area contributed by atoms with E-state index in [1.54, 1.807) is 0 Å². The predicted octanol–water partition coefficient (Wildman–Crippen LogP) is 0.935. The summed E-state index contributed by atoms with van der Waals surface area (Å²) in [5.74, 6) is 1.64. The van der Waals surface area contributed by atoms with Gasteiger partial charge in [-0.15, -0.1) is 0 Å². The van der Waals surface area contributed by atoms with Crippen molar-refractivity contribution in [1.82, 2.24) is 10.2 Å². The molecular formula is C12H26N2O. The van der Waals surface area contributed by atoms with Gasteiger partial charge in [0.05, 0.1) is 6.61 Å². The Morgan fingerprint density at radius 2 is 1.87 bits per heavy atom. The molecule has 15 heavy (non-hydrogen) atoms. The minimum atomic E-state index is -0.116. The Morgan fingerprint density at radius 3 is 2.27 bits per heavy atom. The van der Waals surface area contributed by atoms with Crippen LogP contribution in [-0.2, 0) is 0 Å². The fourth-order valence-electron chi connectivity index (χ4n) is 2.12. The van der Waals surface area contributed by atoms with Crippen LogP contribution in [0.1, 0.15) is 27.2 Å². The standard InChI is InChI=1S/C12H26N2O/c1-10-7-14(8-11(10)2)6-5-12(3,9-15)13-4/h10-11,13,15H,5-9H2,1-4H3. The summed E-state index contributed by atoms with van der Waals surface area (Å²) in [6.45, 7) is 10.5. The molecule has 1 aliphatic rings. The molecule has 3 heteroatoms. The van der Waals surface area contributed by atoms with Gasteiger partial charge in [-0.05, 0) is 38.8 Å². The van der Waals surface area contributed by atoms with E-state index in [4.69, 9.17) is 0 Å². The zero-order valence-corrected chi connectivity index (χ0v) is 10.6. The van der Waals surface area contributed by atoms with Crippen molar-refractivity contribution in [2.45, 2.75) is 32.7 Å². The molecule has 0 aromatic rings. The molecule has 0 aromatic carbocycles. The van der Waals surface area contributed by atoms with Crippen molar-refractivity contribution in [3.05, 3.63) is 0 Å². The number of aliphatic hydroxyl groups excluding tert-OH is 1. The van der Waals surface area contributed by atoms with Gasteiger partial charge >= 0.3 is 0 Å². The molecule has 1 fully saturated rings. The summed E-state index contributed by atoms with van der Waals surface area (Å²) in [6, 6.07) is 0. The minimum absolute atomic E-state index is 0.116. The fourth-order valence-corrected chi connectivity index (χ4v) is 2.12. The molecule has 3 unspecified atom stereocenters. The summed E-state index contributed by atoms with van der Waals surface area (Å²) in [5, 5.41) is 12.5. The van der Waals surface area contributed by atoms with Crippen molar-refractivity contribution in [1.29, 1.82) is 0 Å². The van der Waals surface area contributed by atoms with Crippen LogP contribution in [0, 0.1) is 11.8 Å². The molecule has 0 aliphatic carbocycles. The number of rotatable bonds is 5. The van der Waals surface area contributed by atoms with E-state index >= 15 is 0 Å². The molecule has 0 bridgehead atoms. The Labute approximate surface area is 93.9 Å². The lowest BCUT2D eigenvalue weighted by Crippen LogP contribution is -2.45. The molecule has 1 heterocycles. The smallest absolute Gasteiger partial charge is 0.0610 e. The van der Waals surface area contributed by atoms with Gasteiger partial charge in [-0.3, -0.25) is 0 Å². The van der Waals surface area contributed by atoms with Crippen molar-refractivity contribution < 1.29 is 5.11 Å². The van der Waals surface area contributed by atoms with Crippen molar-refractivity contribution in [3.8, 4) is 0 Å². The average Bonchev–Trinajstić information content (AvgIpc) is 2.55. The molecule has 0 spiro atoms. The highest BCUT2D eigenvalue weighted by Crippen LogP contribution is 2.23. The molecule has 90 valence electrons. The van der Waals surface area contributed by atoms with E-state index in [1.807, 2.05) is 7.05 Å². The lowest BCUT2D eigenvalue weighted by molar-refractivity contribution is 0.157. The topological polar surface area (TPSA) is 35.5 Å². The Kier molecular flexibility index (Phi) is 4.56. The Hall–Kier alpha value is -0.120. The van der Waals surface area contributed by atoms with Crippen molar-refractivity contribution in [2.75, 3.05) is 33.3 Å². The van der Waals surface area contributed by atoms with Crippen LogP contribution < -0.4 is 5.32 Å². The third-order valence-corrected chi connectivity index (χ3v) is 4.00. The molecule has 1 saturated heterocycles. The molecule has 0 amide bonds. The fraction of sp³-hybridized carbons (Fsp3) is 1.00. The van der Waals surface area contributed by atoms with E-state index in [0.29, 0.717) is 0 Å². The van der Waals surface area contributed by atoms with Crippen LogP contribution in [0.25, 0.3) is 0 Å². The van der Waals surface area contributed by atoms with Gasteiger partial charge in [0.15, 0.2) is 0 Å². The maximum atomic E-state index is 9.28. The van der Waals surface area contributed by atoms with Crippen LogP contribution in [-0.4, -0.2) is 48.8 Å². The summed E-state index contributed by atoms with van der Waals surface area (Å²) < 4.78 is 0. The van der Waals surface area contributed by atoms with Crippen molar-refractivity contribution >= 4 is 0 Å². The Balaban J connectivity index is 2.32. The first kappa shape index (κ1) is 12.9. The minimum Gasteiger partial charge on any atom is -0.394 e. The van der Waals surface area contributed by atoms with Crippen molar-refractivity contribution in [2.24, 2.45) is 11.8 Å². The molecule has 3 atom stereocenters. The van der Waals surface area contributed by atoms with E-state index < -0.39 is 0 Å². The van der Waals surface area contributed by atoms with Crippen LogP contribution in [0.15, 0.2) is 0 Å². The summed E-state index contributed by atoms with van der Waals surface area (Å²) in [5.41, 5.74) is -0.116. The van der Waals surface area contributed by atoms with Crippen LogP contribution in [0.2, 0.25) is 0 Å². The van der Waals surface area contributed by atoms with E-state index in [1.165, 1.54) is 13.1 Å². The molecule has 1 aliphatic heterocycles. The summed E-state index contributed by atoms with van der Waals surface area (Å²) in [4.78, 5) is 2.51. The lowest BCUT2D eigenvalue weighted by atomic mass is 9.99. The zero-order chi connectivity index (χ0) is 11.5. The highest BCUT2D eigenvalue weighted by Gasteiger charge is 2.28. The zero-order valence-electron chi connectivity index (χ0n) is 10.6. The molecule has 0 saturated carbocycles. The highest BCUT2D eigenvalue weighted by atomic mass is 16.3. The monoisotopic (exact) mass is 214 g/mol. The van der Waals surface area contributed by atoms with E-state index in [9.17, 15) is 5.11 Å². The van der Waals surface area contributed by atoms with Gasteiger partial charge in [-0.1, -0.05) is 13.8 Å². The van der Waals surface area contributed by atoms with E-state index in [2.05, 4.69) is 31.0 Å². The van der Waals surface area contributed by atoms with Gasteiger partial charge in [-0.25, -0.2) is 0 Å². The van der Waals surface area contributed by atoms with Crippen LogP contribution >= 0.6 is 0 Å². The average molecular weight is 214 g/mol. The molecule has 0 aromatic heterocycles. The first-order valence-electron chi connectivity index (χ1n) is 6.03. The maximum absolute atomic E-state index is 9.28. The predicted molar refractivity (Wildman–Crippen MR) is 63.9 cm³/mol. The first-order valence-corrected chi connectivity index (χ1v) is 6.03. The Bertz CT molecular complexity index is 182. The van der Waals surface area contributed by atoms with E-state index in [-0.39, 0.29) is 12.1 Å². The second-order valence-corrected chi connectivity index (χ2v) is 5.43. The number of likely N-dealkylation sites (N-methyl/N-ethyl adjacent to an activating group) is 1. The number of nitrogens with one attached hydrogen (secondary N) is 1. The summed E-state index contributed by atoms with van der Waals surface area (Å²) >= 11 is 0. The van der Waals surface area contributed by atoms with E-state index in [0.717, 1.165) is 24.8 Å². The summed E-state index contributed by atoms with van der Waals surface area (Å²) in [6.07, 6.45) is 1.01. The first-order chi connectivity index (χ1) is 7.00. The molecular weight excluding hydrogens is 188 g/mol. The normalized spacial score (nSPS) is 31.8. The molecule has 2 N–H and O–H groups in total. The van der Waals surface area contributed by atoms with Gasteiger partial charge in [0, 0.05) is 18.6 Å². The number of nitrogens with zero attached hydrogens (tertiary/aromatic N) is 1. The maximum Gasteiger partial charge on any atom is 0.0610 e. The number of hydrogen-bond donors (Lipinski definition) is 2. The van der Waals surface area contributed by atoms with Gasteiger partial charge in [-0.2, -0.15) is 0 Å². The molecule has 0 radical (unpaired) electrons. The molecule has 3 nitrogen and oxygen atoms in total. The second-order valence-electron chi connectivity index (χ2n) is 5.43. The van der Waals surface area contributed by atoms with Gasteiger partial charge < -0.3 is 15.3 Å². The van der Waals surface area contributed by atoms with Gasteiger partial charge in [0.2, 0.25) is 0 Å². The largest absolute Gasteiger partial charge is 0.394 e. The number of hydrogen-bond acceptors (Lipinski definition) is 3. The van der Waals surface area contributed by atoms with Gasteiger partial charge in [0.1, 0.15) is 0 Å². The second kappa shape index (κ2) is 5.28. The third kappa shape index (κ3) is 3.44. The number of aliphatic hydroxyl groups is 1. The van der Waals surface area contributed by atoms with Crippen LogP contribution in [0.4, 0.5) is 0 Å².